The van der Waals surface area contributed by atoms with Gasteiger partial charge in [-0.1, -0.05) is 44.2 Å². The molecule has 0 bridgehead atoms. The van der Waals surface area contributed by atoms with Gasteiger partial charge in [0.05, 0.1) is 0 Å². The van der Waals surface area contributed by atoms with Crippen LogP contribution in [0.5, 0.6) is 0 Å². The molecule has 0 unspecified atom stereocenters. The van der Waals surface area contributed by atoms with Crippen LogP contribution in [0.25, 0.3) is 6.08 Å². The van der Waals surface area contributed by atoms with E-state index in [1.165, 1.54) is 9.71 Å². The number of carbonyl (C=O) groups is 2. The lowest BCUT2D eigenvalue weighted by molar-refractivity contribution is -0.143. The second-order valence-electron chi connectivity index (χ2n) is 9.07. The highest BCUT2D eigenvalue weighted by molar-refractivity contribution is 7.92. The van der Waals surface area contributed by atoms with E-state index in [4.69, 9.17) is 0 Å². The van der Waals surface area contributed by atoms with Gasteiger partial charge in [0.15, 0.2) is 0 Å². The molecule has 3 rings (SSSR count). The van der Waals surface area contributed by atoms with E-state index in [1.54, 1.807) is 6.08 Å². The average Bonchev–Trinajstić information content (AvgIpc) is 2.81. The molecule has 0 aromatic heterocycles. The van der Waals surface area contributed by atoms with E-state index in [1.807, 2.05) is 40.1 Å². The zero-order valence-corrected chi connectivity index (χ0v) is 20.0. The van der Waals surface area contributed by atoms with Crippen LogP contribution in [0.2, 0.25) is 0 Å². The Bertz CT molecular complexity index is 898. The van der Waals surface area contributed by atoms with Crippen LogP contribution in [0.3, 0.4) is 0 Å². The van der Waals surface area contributed by atoms with E-state index >= 15 is 0 Å². The Morgan fingerprint density at radius 1 is 0.969 bits per heavy atom. The monoisotopic (exact) mass is 461 g/mol. The third-order valence-electron chi connectivity index (χ3n) is 6.27. The fourth-order valence-electron chi connectivity index (χ4n) is 4.18. The second-order valence-corrected chi connectivity index (χ2v) is 10.9. The largest absolute Gasteiger partial charge is 0.339 e. The van der Waals surface area contributed by atoms with Crippen LogP contribution in [0.4, 0.5) is 0 Å². The standard InChI is InChI=1S/C24H35N3O4S/c1-20(2)8-9-23(28)25-15-17-26(18-16-25)24(29)22-10-13-27(14-11-22)32(30,31)19-12-21-6-4-3-5-7-21/h3-7,12,19-20,22H,8-11,13-18H2,1-2H3. The lowest BCUT2D eigenvalue weighted by Gasteiger charge is -2.38. The Morgan fingerprint density at radius 2 is 1.56 bits per heavy atom. The SMILES string of the molecule is CC(C)CCC(=O)N1CCN(C(=O)C2CCN(S(=O)(=O)C=Cc3ccccc3)CC2)CC1. The van der Waals surface area contributed by atoms with Gasteiger partial charge in [0.1, 0.15) is 0 Å². The number of piperazine rings is 1. The first kappa shape index (κ1) is 24.5. The molecule has 0 aliphatic carbocycles. The maximum Gasteiger partial charge on any atom is 0.236 e. The van der Waals surface area contributed by atoms with Crippen molar-refractivity contribution in [3.8, 4) is 0 Å². The van der Waals surface area contributed by atoms with Gasteiger partial charge in [0, 0.05) is 57.0 Å². The number of piperidine rings is 1. The number of hydrogen-bond acceptors (Lipinski definition) is 4. The average molecular weight is 462 g/mol. The fourth-order valence-corrected chi connectivity index (χ4v) is 5.40. The van der Waals surface area contributed by atoms with Crippen LogP contribution in [-0.2, 0) is 19.6 Å². The first-order valence-electron chi connectivity index (χ1n) is 11.6. The summed E-state index contributed by atoms with van der Waals surface area (Å²) >= 11 is 0. The number of rotatable bonds is 7. The van der Waals surface area contributed by atoms with Crippen molar-refractivity contribution >= 4 is 27.9 Å². The minimum atomic E-state index is -3.50. The Hall–Kier alpha value is -2.19. The van der Waals surface area contributed by atoms with E-state index in [-0.39, 0.29) is 17.7 Å². The van der Waals surface area contributed by atoms with E-state index in [9.17, 15) is 18.0 Å². The number of nitrogens with zero attached hydrogens (tertiary/aromatic N) is 3. The zero-order chi connectivity index (χ0) is 23.1. The van der Waals surface area contributed by atoms with Crippen molar-refractivity contribution in [1.29, 1.82) is 0 Å². The molecule has 2 heterocycles. The first-order chi connectivity index (χ1) is 15.3. The molecular formula is C24H35N3O4S. The Morgan fingerprint density at radius 3 is 2.16 bits per heavy atom. The Labute approximate surface area is 192 Å². The second kappa shape index (κ2) is 11.1. The summed E-state index contributed by atoms with van der Waals surface area (Å²) in [6, 6.07) is 9.33. The number of amides is 2. The van der Waals surface area contributed by atoms with E-state index in [0.717, 1.165) is 12.0 Å². The summed E-state index contributed by atoms with van der Waals surface area (Å²) in [7, 11) is -3.50. The third-order valence-corrected chi connectivity index (χ3v) is 7.84. The van der Waals surface area contributed by atoms with Crippen molar-refractivity contribution in [2.24, 2.45) is 11.8 Å². The molecule has 0 atom stereocenters. The highest BCUT2D eigenvalue weighted by Crippen LogP contribution is 2.23. The van der Waals surface area contributed by atoms with Gasteiger partial charge in [-0.15, -0.1) is 0 Å². The van der Waals surface area contributed by atoms with Crippen LogP contribution in [0.1, 0.15) is 45.1 Å². The predicted octanol–water partition coefficient (Wildman–Crippen LogP) is 2.81. The number of sulfonamides is 1. The maximum absolute atomic E-state index is 13.0. The van der Waals surface area contributed by atoms with E-state index < -0.39 is 10.0 Å². The molecule has 8 heteroatoms. The molecular weight excluding hydrogens is 426 g/mol. The van der Waals surface area contributed by atoms with Gasteiger partial charge >= 0.3 is 0 Å². The molecule has 2 aliphatic rings. The molecule has 2 aliphatic heterocycles. The van der Waals surface area contributed by atoms with E-state index in [0.29, 0.717) is 64.4 Å². The van der Waals surface area contributed by atoms with Crippen molar-refractivity contribution in [3.63, 3.8) is 0 Å². The molecule has 0 saturated carbocycles. The minimum absolute atomic E-state index is 0.0937. The highest BCUT2D eigenvalue weighted by atomic mass is 32.2. The summed E-state index contributed by atoms with van der Waals surface area (Å²) in [5.41, 5.74) is 0.836. The fraction of sp³-hybridized carbons (Fsp3) is 0.583. The van der Waals surface area contributed by atoms with Crippen LogP contribution >= 0.6 is 0 Å². The summed E-state index contributed by atoms with van der Waals surface area (Å²) < 4.78 is 26.7. The number of carbonyl (C=O) groups excluding carboxylic acids is 2. The Kier molecular flexibility index (Phi) is 8.48. The zero-order valence-electron chi connectivity index (χ0n) is 19.2. The van der Waals surface area contributed by atoms with E-state index in [2.05, 4.69) is 13.8 Å². The van der Waals surface area contributed by atoms with Gasteiger partial charge in [-0.2, -0.15) is 4.31 Å². The number of hydrogen-bond donors (Lipinski definition) is 0. The van der Waals surface area contributed by atoms with Gasteiger partial charge in [-0.25, -0.2) is 8.42 Å². The lowest BCUT2D eigenvalue weighted by Crippen LogP contribution is -2.53. The highest BCUT2D eigenvalue weighted by Gasteiger charge is 2.33. The van der Waals surface area contributed by atoms with Crippen molar-refractivity contribution in [2.45, 2.75) is 39.5 Å². The van der Waals surface area contributed by atoms with Gasteiger partial charge in [0.25, 0.3) is 0 Å². The molecule has 1 aromatic carbocycles. The van der Waals surface area contributed by atoms with Crippen LogP contribution in [-0.4, -0.2) is 73.6 Å². The van der Waals surface area contributed by atoms with Crippen LogP contribution < -0.4 is 0 Å². The lowest BCUT2D eigenvalue weighted by atomic mass is 9.96. The molecule has 2 fully saturated rings. The molecule has 32 heavy (non-hydrogen) atoms. The normalized spacial score (nSPS) is 19.1. The molecule has 7 nitrogen and oxygen atoms in total. The van der Waals surface area contributed by atoms with Gasteiger partial charge in [-0.3, -0.25) is 9.59 Å². The summed E-state index contributed by atoms with van der Waals surface area (Å²) in [4.78, 5) is 29.0. The molecule has 0 N–H and O–H groups in total. The summed E-state index contributed by atoms with van der Waals surface area (Å²) in [5, 5.41) is 1.25. The quantitative estimate of drug-likeness (QED) is 0.626. The van der Waals surface area contributed by atoms with Gasteiger partial charge < -0.3 is 9.80 Å². The topological polar surface area (TPSA) is 78.0 Å². The summed E-state index contributed by atoms with van der Waals surface area (Å²) in [5.74, 6) is 0.622. The van der Waals surface area contributed by atoms with Crippen molar-refractivity contribution < 1.29 is 18.0 Å². The minimum Gasteiger partial charge on any atom is -0.339 e. The van der Waals surface area contributed by atoms with Crippen LogP contribution in [0, 0.1) is 11.8 Å². The van der Waals surface area contributed by atoms with Crippen LogP contribution in [0.15, 0.2) is 35.7 Å². The molecule has 2 amide bonds. The summed E-state index contributed by atoms with van der Waals surface area (Å²) in [6.07, 6.45) is 4.13. The predicted molar refractivity (Wildman–Crippen MR) is 126 cm³/mol. The van der Waals surface area contributed by atoms with Crippen molar-refractivity contribution in [3.05, 3.63) is 41.3 Å². The number of benzene rings is 1. The van der Waals surface area contributed by atoms with Crippen molar-refractivity contribution in [2.75, 3.05) is 39.3 Å². The molecule has 176 valence electrons. The molecule has 0 spiro atoms. The molecule has 0 radical (unpaired) electrons. The first-order valence-corrected chi connectivity index (χ1v) is 13.1. The Balaban J connectivity index is 1.45. The molecule has 1 aromatic rings. The van der Waals surface area contributed by atoms with Crippen molar-refractivity contribution in [1.82, 2.24) is 14.1 Å². The smallest absolute Gasteiger partial charge is 0.236 e. The van der Waals surface area contributed by atoms with Gasteiger partial charge in [0.2, 0.25) is 21.8 Å². The maximum atomic E-state index is 13.0. The summed E-state index contributed by atoms with van der Waals surface area (Å²) in [6.45, 7) is 7.21. The third kappa shape index (κ3) is 6.65. The van der Waals surface area contributed by atoms with Gasteiger partial charge in [-0.05, 0) is 36.8 Å². The molecule has 2 saturated heterocycles.